The molecule has 1 aliphatic rings. The highest BCUT2D eigenvalue weighted by atomic mass is 35.5. The van der Waals surface area contributed by atoms with E-state index in [4.69, 9.17) is 11.6 Å². The van der Waals surface area contributed by atoms with Gasteiger partial charge in [-0.25, -0.2) is 0 Å². The topological polar surface area (TPSA) is 61.2 Å². The quantitative estimate of drug-likeness (QED) is 0.635. The van der Waals surface area contributed by atoms with E-state index in [9.17, 15) is 9.59 Å². The summed E-state index contributed by atoms with van der Waals surface area (Å²) in [5.74, 6) is -0.571. The normalized spacial score (nSPS) is 19.5. The Morgan fingerprint density at radius 1 is 1.00 bits per heavy atom. The van der Waals surface area contributed by atoms with Gasteiger partial charge in [0.05, 0.1) is 0 Å². The van der Waals surface area contributed by atoms with E-state index in [1.165, 1.54) is 0 Å². The second-order valence-corrected chi connectivity index (χ2v) is 7.67. The fourth-order valence-electron chi connectivity index (χ4n) is 3.47. The third-order valence-corrected chi connectivity index (χ3v) is 5.29. The zero-order chi connectivity index (χ0) is 21.1. The van der Waals surface area contributed by atoms with Crippen molar-refractivity contribution in [2.45, 2.75) is 19.0 Å². The molecule has 150 valence electrons. The number of halogens is 1. The van der Waals surface area contributed by atoms with Crippen LogP contribution >= 0.6 is 11.6 Å². The number of aryl methyl sites for hydroxylation is 1. The molecule has 0 unspecified atom stereocenters. The summed E-state index contributed by atoms with van der Waals surface area (Å²) in [6.45, 7) is 1.96. The minimum Gasteiger partial charge on any atom is -0.334 e. The third kappa shape index (κ3) is 4.26. The van der Waals surface area contributed by atoms with E-state index in [1.54, 1.807) is 28.9 Å². The lowest BCUT2D eigenvalue weighted by atomic mass is 9.99. The van der Waals surface area contributed by atoms with Crippen molar-refractivity contribution in [2.24, 2.45) is 0 Å². The van der Waals surface area contributed by atoms with Gasteiger partial charge >= 0.3 is 5.91 Å². The monoisotopic (exact) mass is 418 g/mol. The molecule has 0 spiro atoms. The number of amides is 2. The van der Waals surface area contributed by atoms with Crippen LogP contribution in [0.1, 0.15) is 33.1 Å². The van der Waals surface area contributed by atoms with Crippen LogP contribution in [0.2, 0.25) is 5.02 Å². The van der Waals surface area contributed by atoms with Crippen molar-refractivity contribution in [3.8, 4) is 0 Å². The molecular weight excluding hydrogens is 398 g/mol. The second kappa shape index (κ2) is 8.51. The van der Waals surface area contributed by atoms with Crippen molar-refractivity contribution in [2.75, 3.05) is 0 Å². The molecule has 0 aliphatic carbocycles. The van der Waals surface area contributed by atoms with Gasteiger partial charge in [-0.1, -0.05) is 59.6 Å². The Hall–Kier alpha value is -3.44. The summed E-state index contributed by atoms with van der Waals surface area (Å²) < 4.78 is 1.74. The van der Waals surface area contributed by atoms with Crippen LogP contribution in [-0.4, -0.2) is 28.8 Å². The number of hydrogen-bond donors (Lipinski definition) is 2. The van der Waals surface area contributed by atoms with Crippen LogP contribution in [0.4, 0.5) is 0 Å². The van der Waals surface area contributed by atoms with Crippen molar-refractivity contribution < 1.29 is 14.3 Å². The minimum atomic E-state index is -0.764. The van der Waals surface area contributed by atoms with E-state index in [0.29, 0.717) is 10.6 Å². The van der Waals surface area contributed by atoms with Gasteiger partial charge in [0.25, 0.3) is 5.91 Å². The number of carbonyl (C=O) groups is 2. The predicted octanol–water partition coefficient (Wildman–Crippen LogP) is 3.66. The average molecular weight is 419 g/mol. The molecule has 1 saturated heterocycles. The largest absolute Gasteiger partial charge is 0.334 e. The van der Waals surface area contributed by atoms with Gasteiger partial charge in [-0.3, -0.25) is 9.59 Å². The molecule has 3 aromatic carbocycles. The van der Waals surface area contributed by atoms with Gasteiger partial charge in [0.2, 0.25) is 12.3 Å². The molecule has 5 nitrogen and oxygen atoms in total. The fraction of sp³-hybridized carbons (Fsp3) is 0.125. The van der Waals surface area contributed by atoms with Crippen LogP contribution in [-0.2, 0) is 4.79 Å². The number of hydrazine groups is 1. The molecule has 1 fully saturated rings. The molecule has 0 radical (unpaired) electrons. The molecule has 0 saturated carbocycles. The summed E-state index contributed by atoms with van der Waals surface area (Å²) in [4.78, 5) is 25.6. The Morgan fingerprint density at radius 2 is 1.67 bits per heavy atom. The Balaban J connectivity index is 1.69. The van der Waals surface area contributed by atoms with E-state index in [0.717, 1.165) is 16.7 Å². The summed E-state index contributed by atoms with van der Waals surface area (Å²) in [5.41, 5.74) is 6.24. The Morgan fingerprint density at radius 3 is 2.33 bits per heavy atom. The number of rotatable bonds is 4. The van der Waals surface area contributed by atoms with Crippen LogP contribution in [0, 0.1) is 6.92 Å². The SMILES string of the molecule is Cc1ccc(C(=O)N[C@H]2C(=O)N/[N+](=C\c3ccccc3)[C@@H]2c2ccc(Cl)cc2)cc1. The van der Waals surface area contributed by atoms with Crippen molar-refractivity contribution in [3.05, 3.63) is 106 Å². The van der Waals surface area contributed by atoms with Crippen LogP contribution in [0.3, 0.4) is 0 Å². The Kier molecular flexibility index (Phi) is 5.63. The predicted molar refractivity (Wildman–Crippen MR) is 117 cm³/mol. The highest BCUT2D eigenvalue weighted by molar-refractivity contribution is 6.30. The number of nitrogens with one attached hydrogen (secondary N) is 2. The van der Waals surface area contributed by atoms with Crippen LogP contribution in [0.5, 0.6) is 0 Å². The lowest BCUT2D eigenvalue weighted by Gasteiger charge is -2.15. The van der Waals surface area contributed by atoms with E-state index in [1.807, 2.05) is 67.7 Å². The highest BCUT2D eigenvalue weighted by Crippen LogP contribution is 2.26. The summed E-state index contributed by atoms with van der Waals surface area (Å²) >= 11 is 6.05. The standard InChI is InChI=1S/C24H20ClN3O2/c1-16-7-9-19(10-8-16)23(29)26-21-22(18-11-13-20(25)14-12-18)28(27-24(21)30)15-17-5-3-2-4-6-17/h2-15,21-22H,1H3,(H-,26,27,29,30)/p+1/b28-15-/t21-,22-/m1/s1. The molecule has 1 heterocycles. The smallest absolute Gasteiger partial charge is 0.304 e. The van der Waals surface area contributed by atoms with Crippen molar-refractivity contribution in [1.29, 1.82) is 0 Å². The van der Waals surface area contributed by atoms with E-state index < -0.39 is 12.1 Å². The van der Waals surface area contributed by atoms with Gasteiger partial charge in [0, 0.05) is 21.7 Å². The average Bonchev–Trinajstić information content (AvgIpc) is 3.04. The summed E-state index contributed by atoms with van der Waals surface area (Å²) in [7, 11) is 0. The molecule has 2 N–H and O–H groups in total. The van der Waals surface area contributed by atoms with Crippen molar-refractivity contribution in [1.82, 2.24) is 10.7 Å². The first kappa shape index (κ1) is 19.9. The number of benzene rings is 3. The maximum Gasteiger partial charge on any atom is 0.304 e. The minimum absolute atomic E-state index is 0.275. The molecule has 2 atom stereocenters. The zero-order valence-electron chi connectivity index (χ0n) is 16.4. The molecule has 2 amide bonds. The molecule has 0 aromatic heterocycles. The number of nitrogens with zero attached hydrogens (tertiary/aromatic N) is 1. The summed E-state index contributed by atoms with van der Waals surface area (Å²) in [6.07, 6.45) is 1.86. The molecule has 6 heteroatoms. The van der Waals surface area contributed by atoms with Gasteiger partial charge in [0.1, 0.15) is 0 Å². The molecule has 3 aromatic rings. The van der Waals surface area contributed by atoms with Crippen LogP contribution < -0.4 is 10.7 Å². The highest BCUT2D eigenvalue weighted by Gasteiger charge is 2.47. The molecule has 4 rings (SSSR count). The zero-order valence-corrected chi connectivity index (χ0v) is 17.1. The van der Waals surface area contributed by atoms with Gasteiger partial charge < -0.3 is 5.32 Å². The maximum atomic E-state index is 12.8. The first-order valence-corrected chi connectivity index (χ1v) is 10.0. The van der Waals surface area contributed by atoms with Crippen LogP contribution in [0.25, 0.3) is 0 Å². The molecule has 1 aliphatic heterocycles. The molecule has 30 heavy (non-hydrogen) atoms. The third-order valence-electron chi connectivity index (χ3n) is 5.04. The lowest BCUT2D eigenvalue weighted by molar-refractivity contribution is -0.596. The Bertz CT molecular complexity index is 1090. The van der Waals surface area contributed by atoms with Crippen molar-refractivity contribution >= 4 is 29.6 Å². The van der Waals surface area contributed by atoms with E-state index >= 15 is 0 Å². The van der Waals surface area contributed by atoms with E-state index in [2.05, 4.69) is 10.7 Å². The summed E-state index contributed by atoms with van der Waals surface area (Å²) in [6, 6.07) is 23.0. The number of hydrazone groups is 1. The van der Waals surface area contributed by atoms with Crippen LogP contribution in [0.15, 0.2) is 78.9 Å². The van der Waals surface area contributed by atoms with Crippen molar-refractivity contribution in [3.63, 3.8) is 0 Å². The first-order chi connectivity index (χ1) is 14.5. The molecule has 0 bridgehead atoms. The Labute approximate surface area is 180 Å². The maximum absolute atomic E-state index is 12.8. The lowest BCUT2D eigenvalue weighted by Crippen LogP contribution is -2.42. The summed E-state index contributed by atoms with van der Waals surface area (Å²) in [5, 5.41) is 3.50. The molecular formula is C24H21ClN3O2+. The van der Waals surface area contributed by atoms with Gasteiger partial charge in [-0.05, 0) is 43.3 Å². The second-order valence-electron chi connectivity index (χ2n) is 7.24. The fourth-order valence-corrected chi connectivity index (χ4v) is 3.60. The number of hydrogen-bond acceptors (Lipinski definition) is 2. The number of carbonyl (C=O) groups excluding carboxylic acids is 2. The van der Waals surface area contributed by atoms with Gasteiger partial charge in [-0.2, -0.15) is 0 Å². The van der Waals surface area contributed by atoms with Gasteiger partial charge in [-0.15, -0.1) is 10.1 Å². The first-order valence-electron chi connectivity index (χ1n) is 9.63. The van der Waals surface area contributed by atoms with E-state index in [-0.39, 0.29) is 11.8 Å². The van der Waals surface area contributed by atoms with Gasteiger partial charge in [0.15, 0.2) is 6.04 Å².